The van der Waals surface area contributed by atoms with Crippen LogP contribution in [-0.4, -0.2) is 0 Å². The Bertz CT molecular complexity index is 3780. The normalized spacial score (nSPS) is 19.5. The van der Waals surface area contributed by atoms with Gasteiger partial charge in [0.1, 0.15) is 0 Å². The fourth-order valence-corrected chi connectivity index (χ4v) is 6.22. The number of benzene rings is 8. The molecule has 0 N–H and O–H groups in total. The molecule has 0 aromatic heterocycles. The molecule has 0 spiro atoms. The first-order chi connectivity index (χ1) is 34.5. The molecular weight excluding hydrogens is 603 g/mol. The molecule has 0 saturated heterocycles. The molecule has 0 amide bonds. The molecule has 0 bridgehead atoms. The van der Waals surface area contributed by atoms with Crippen molar-refractivity contribution in [1.29, 1.82) is 0 Å². The molecule has 0 heterocycles. The van der Waals surface area contributed by atoms with Gasteiger partial charge in [-0.25, -0.2) is 0 Å². The highest BCUT2D eigenvalue weighted by atomic mass is 15.1. The van der Waals surface area contributed by atoms with Crippen LogP contribution < -0.4 is 4.90 Å². The summed E-state index contributed by atoms with van der Waals surface area (Å²) in [6, 6.07) is -7.85. The smallest absolute Gasteiger partial charge is 0.0645 e. The summed E-state index contributed by atoms with van der Waals surface area (Å²) in [5.41, 5.74) is -5.89. The van der Waals surface area contributed by atoms with Crippen molar-refractivity contribution >= 4 is 27.8 Å². The second kappa shape index (κ2) is 12.1. The maximum atomic E-state index is 9.79. The van der Waals surface area contributed by atoms with E-state index < -0.39 is 160 Å². The molecule has 0 saturated carbocycles. The molecule has 8 aromatic rings. The maximum Gasteiger partial charge on any atom is 0.0645 e. The molecule has 1 aliphatic carbocycles. The van der Waals surface area contributed by atoms with E-state index in [2.05, 4.69) is 0 Å². The number of fused-ring (bicyclic) bond motifs is 2. The Morgan fingerprint density at radius 2 is 1.06 bits per heavy atom. The van der Waals surface area contributed by atoms with Crippen LogP contribution >= 0.6 is 0 Å². The monoisotopic (exact) mass is 663 g/mol. The van der Waals surface area contributed by atoms with Crippen LogP contribution in [0.2, 0.25) is 0 Å². The quantitative estimate of drug-likeness (QED) is 0.171. The van der Waals surface area contributed by atoms with E-state index in [4.69, 9.17) is 17.8 Å². The summed E-state index contributed by atoms with van der Waals surface area (Å²) in [6.07, 6.45) is 0. The van der Waals surface area contributed by atoms with Gasteiger partial charge < -0.3 is 4.90 Å². The van der Waals surface area contributed by atoms with Crippen molar-refractivity contribution in [3.05, 3.63) is 199 Å². The molecule has 9 rings (SSSR count). The minimum atomic E-state index is -1.50. The lowest BCUT2D eigenvalue weighted by molar-refractivity contribution is 0.645. The molecule has 1 aliphatic rings. The van der Waals surface area contributed by atoms with E-state index in [9.17, 15) is 15.1 Å². The highest BCUT2D eigenvalue weighted by Crippen LogP contribution is 2.52. The third-order valence-electron chi connectivity index (χ3n) is 8.56. The zero-order valence-electron chi connectivity index (χ0n) is 50.5. The highest BCUT2D eigenvalue weighted by Gasteiger charge is 2.35. The largest absolute Gasteiger partial charge is 0.310 e. The van der Waals surface area contributed by atoms with Gasteiger partial charge >= 0.3 is 0 Å². The Hall–Kier alpha value is -6.18. The Morgan fingerprint density at radius 3 is 1.78 bits per heavy atom. The van der Waals surface area contributed by atoms with Crippen molar-refractivity contribution in [2.45, 2.75) is 19.3 Å². The molecule has 1 heteroatoms. The van der Waals surface area contributed by atoms with Gasteiger partial charge in [-0.2, -0.15) is 0 Å². The summed E-state index contributed by atoms with van der Waals surface area (Å²) in [5.74, 6) is 0. The molecule has 238 valence electrons. The minimum Gasteiger partial charge on any atom is -0.310 e. The number of hydrogen-bond donors (Lipinski definition) is 0. The van der Waals surface area contributed by atoms with Crippen molar-refractivity contribution in [2.24, 2.45) is 0 Å². The summed E-state index contributed by atoms with van der Waals surface area (Å²) < 4.78 is 216. The van der Waals surface area contributed by atoms with Crippen molar-refractivity contribution in [2.75, 3.05) is 4.90 Å². The van der Waals surface area contributed by atoms with Gasteiger partial charge in [-0.1, -0.05) is 159 Å². The topological polar surface area (TPSA) is 3.24 Å². The number of anilines is 3. The second-order valence-corrected chi connectivity index (χ2v) is 11.9. The van der Waals surface area contributed by atoms with Gasteiger partial charge in [0.15, 0.2) is 0 Å². The van der Waals surface area contributed by atoms with Crippen molar-refractivity contribution in [1.82, 2.24) is 0 Å². The standard InChI is InChI=1S/C49H37N/c1-49(2)45-23-13-18-37-26-30-43(48(47(37)45)44-31-27-38(33-46(44)49)35-16-8-4-9-17-35)39-19-12-22-42(32-39)50(40-20-10-5-11-21-40)41-28-24-36(25-29-41)34-14-6-3-7-15-34/h3-33H,1-2H3/i6D,7D,8D,9D,10D,11D,12D,13D,14D,15D,16D,17D,20D,21D,22D,23D,24D,25D,26D,28D,29D,30D,31D,33D. The van der Waals surface area contributed by atoms with Crippen LogP contribution in [0.3, 0.4) is 0 Å². The molecule has 8 aromatic carbocycles. The summed E-state index contributed by atoms with van der Waals surface area (Å²) >= 11 is 0. The molecule has 0 aliphatic heterocycles. The van der Waals surface area contributed by atoms with Crippen molar-refractivity contribution < 1.29 is 32.9 Å². The molecule has 0 atom stereocenters. The molecule has 0 unspecified atom stereocenters. The molecule has 0 fully saturated rings. The van der Waals surface area contributed by atoms with E-state index in [-0.39, 0.29) is 73.4 Å². The zero-order valence-corrected chi connectivity index (χ0v) is 26.5. The minimum absolute atomic E-state index is 0.00566. The third-order valence-corrected chi connectivity index (χ3v) is 8.56. The third kappa shape index (κ3) is 5.02. The lowest BCUT2D eigenvalue weighted by Gasteiger charge is -2.36. The Balaban J connectivity index is 1.45. The van der Waals surface area contributed by atoms with E-state index in [1.165, 1.54) is 12.1 Å². The molecule has 50 heavy (non-hydrogen) atoms. The first kappa shape index (κ1) is 14.0. The van der Waals surface area contributed by atoms with Gasteiger partial charge in [-0.05, 0) is 109 Å². The van der Waals surface area contributed by atoms with Gasteiger partial charge in [-0.3, -0.25) is 0 Å². The zero-order chi connectivity index (χ0) is 54.5. The first-order valence-corrected chi connectivity index (χ1v) is 15.5. The van der Waals surface area contributed by atoms with E-state index in [1.54, 1.807) is 13.8 Å². The molecule has 1 nitrogen and oxygen atoms in total. The Morgan fingerprint density at radius 1 is 0.460 bits per heavy atom. The fraction of sp³-hybridized carbons (Fsp3) is 0.0612. The van der Waals surface area contributed by atoms with Crippen LogP contribution in [0.5, 0.6) is 0 Å². The van der Waals surface area contributed by atoms with Gasteiger partial charge in [0.05, 0.1) is 32.9 Å². The predicted molar refractivity (Wildman–Crippen MR) is 213 cm³/mol. The van der Waals surface area contributed by atoms with E-state index in [0.29, 0.717) is 4.90 Å². The van der Waals surface area contributed by atoms with Crippen LogP contribution in [0.1, 0.15) is 57.9 Å². The Kier molecular flexibility index (Phi) is 3.37. The first-order valence-electron chi connectivity index (χ1n) is 27.5. The van der Waals surface area contributed by atoms with Gasteiger partial charge in [-0.15, -0.1) is 0 Å². The SMILES string of the molecule is [2H]c1cc(-c2c([2H])c([2H])c3cc([2H])c([2H])c4c3c2-c2c([2H])cc(-c3c([2H])c([2H])cc([2H])c3[2H])c([2H])c2C4(C)C)cc(N(c2c([2H])c([2H])cc([2H])c2[2H])c2c([2H])c([2H])c(-c3c([2H])c([2H])cc([2H])c3[2H])c([2H])c2[2H])c1[2H]. The fourth-order valence-electron chi connectivity index (χ4n) is 6.22. The highest BCUT2D eigenvalue weighted by molar-refractivity contribution is 6.09. The van der Waals surface area contributed by atoms with Crippen LogP contribution in [0.4, 0.5) is 17.1 Å². The van der Waals surface area contributed by atoms with Crippen LogP contribution in [0.25, 0.3) is 55.3 Å². The summed E-state index contributed by atoms with van der Waals surface area (Å²) in [4.78, 5) is 0.714. The number of para-hydroxylation sites is 1. The van der Waals surface area contributed by atoms with E-state index >= 15 is 0 Å². The van der Waals surface area contributed by atoms with Crippen molar-refractivity contribution in [3.63, 3.8) is 0 Å². The van der Waals surface area contributed by atoms with Gasteiger partial charge in [0, 0.05) is 22.5 Å². The summed E-state index contributed by atoms with van der Waals surface area (Å²) in [6.45, 7) is 3.22. The van der Waals surface area contributed by atoms with E-state index in [1.807, 2.05) is 0 Å². The van der Waals surface area contributed by atoms with Crippen molar-refractivity contribution in [3.8, 4) is 44.5 Å². The predicted octanol–water partition coefficient (Wildman–Crippen LogP) is 13.6. The number of nitrogens with zero attached hydrogens (tertiary/aromatic N) is 1. The van der Waals surface area contributed by atoms with Gasteiger partial charge in [0.2, 0.25) is 0 Å². The van der Waals surface area contributed by atoms with Crippen LogP contribution in [0.15, 0.2) is 187 Å². The molecule has 0 radical (unpaired) electrons. The average Bonchev–Trinajstić information content (AvgIpc) is 3.33. The lowest BCUT2D eigenvalue weighted by Crippen LogP contribution is -2.24. The van der Waals surface area contributed by atoms with Crippen LogP contribution in [0, 0.1) is 0 Å². The number of hydrogen-bond acceptors (Lipinski definition) is 1. The van der Waals surface area contributed by atoms with Gasteiger partial charge in [0.25, 0.3) is 0 Å². The van der Waals surface area contributed by atoms with E-state index in [0.717, 1.165) is 30.3 Å². The molecular formula is C49H37N. The van der Waals surface area contributed by atoms with Crippen LogP contribution in [-0.2, 0) is 5.41 Å². The maximum absolute atomic E-state index is 9.79. The lowest BCUT2D eigenvalue weighted by atomic mass is 9.67. The summed E-state index contributed by atoms with van der Waals surface area (Å²) in [5, 5.41) is 0.0833. The second-order valence-electron chi connectivity index (χ2n) is 11.9. The summed E-state index contributed by atoms with van der Waals surface area (Å²) in [7, 11) is 0. The average molecular weight is 664 g/mol. The Labute approximate surface area is 328 Å². The number of rotatable bonds is 6.